The van der Waals surface area contributed by atoms with Crippen molar-refractivity contribution in [3.63, 3.8) is 0 Å². The molecular formula is C20H19F3N2O3. The van der Waals surface area contributed by atoms with Crippen molar-refractivity contribution in [2.45, 2.75) is 38.9 Å². The molecule has 1 heterocycles. The Bertz CT molecular complexity index is 995. The van der Waals surface area contributed by atoms with Crippen LogP contribution in [0.5, 0.6) is 0 Å². The molecule has 1 amide bonds. The summed E-state index contributed by atoms with van der Waals surface area (Å²) >= 11 is 0. The van der Waals surface area contributed by atoms with Gasteiger partial charge < -0.3 is 10.3 Å². The molecule has 2 aromatic rings. The number of halogens is 3. The molecule has 5 nitrogen and oxygen atoms in total. The minimum absolute atomic E-state index is 0.0801. The second kappa shape index (κ2) is 7.26. The summed E-state index contributed by atoms with van der Waals surface area (Å²) in [6.07, 6.45) is -3.45. The smallest absolute Gasteiger partial charge is 0.344 e. The molecule has 1 aliphatic rings. The van der Waals surface area contributed by atoms with Crippen LogP contribution in [-0.2, 0) is 6.18 Å². The van der Waals surface area contributed by atoms with E-state index in [0.717, 1.165) is 18.1 Å². The lowest BCUT2D eigenvalue weighted by Crippen LogP contribution is -2.36. The minimum Gasteiger partial charge on any atom is -0.344 e. The van der Waals surface area contributed by atoms with E-state index in [-0.39, 0.29) is 5.78 Å². The lowest BCUT2D eigenvalue weighted by atomic mass is 9.94. The fraction of sp³-hybridized carbons (Fsp3) is 0.350. The van der Waals surface area contributed by atoms with E-state index in [1.807, 2.05) is 26.0 Å². The number of alkyl halides is 3. The molecule has 2 N–H and O–H groups in total. The van der Waals surface area contributed by atoms with Gasteiger partial charge in [-0.1, -0.05) is 37.1 Å². The molecule has 0 fully saturated rings. The van der Waals surface area contributed by atoms with Gasteiger partial charge in [0.15, 0.2) is 5.78 Å². The molecule has 0 saturated heterocycles. The van der Waals surface area contributed by atoms with E-state index in [9.17, 15) is 27.6 Å². The summed E-state index contributed by atoms with van der Waals surface area (Å²) < 4.78 is 38.1. The molecule has 148 valence electrons. The first-order valence-electron chi connectivity index (χ1n) is 8.89. The summed E-state index contributed by atoms with van der Waals surface area (Å²) in [7, 11) is 0. The van der Waals surface area contributed by atoms with Gasteiger partial charge in [0.25, 0.3) is 11.5 Å². The highest BCUT2D eigenvalue weighted by Gasteiger charge is 2.40. The Labute approximate surface area is 159 Å². The molecule has 3 rings (SSSR count). The predicted molar refractivity (Wildman–Crippen MR) is 96.2 cm³/mol. The number of benzene rings is 1. The Morgan fingerprint density at radius 3 is 2.50 bits per heavy atom. The zero-order chi connectivity index (χ0) is 20.6. The fourth-order valence-electron chi connectivity index (χ4n) is 3.56. The van der Waals surface area contributed by atoms with Crippen LogP contribution in [0.1, 0.15) is 63.3 Å². The molecule has 0 aliphatic heterocycles. The first-order chi connectivity index (χ1) is 13.1. The molecule has 2 atom stereocenters. The molecule has 28 heavy (non-hydrogen) atoms. The van der Waals surface area contributed by atoms with Crippen molar-refractivity contribution in [2.24, 2.45) is 5.92 Å². The van der Waals surface area contributed by atoms with Crippen LogP contribution in [-0.4, -0.2) is 16.7 Å². The van der Waals surface area contributed by atoms with Crippen LogP contribution in [0.2, 0.25) is 0 Å². The highest BCUT2D eigenvalue weighted by molar-refractivity contribution is 6.04. The molecule has 1 aliphatic carbocycles. The second-order valence-electron chi connectivity index (χ2n) is 6.91. The maximum Gasteiger partial charge on any atom is 0.431 e. The van der Waals surface area contributed by atoms with Crippen LogP contribution in [0.25, 0.3) is 0 Å². The highest BCUT2D eigenvalue weighted by atomic mass is 19.4. The summed E-state index contributed by atoms with van der Waals surface area (Å²) in [6.45, 7) is 3.78. The molecule has 1 aromatic carbocycles. The van der Waals surface area contributed by atoms with E-state index in [1.54, 1.807) is 11.1 Å². The number of aromatic amines is 1. The van der Waals surface area contributed by atoms with Gasteiger partial charge in [0.2, 0.25) is 0 Å². The summed E-state index contributed by atoms with van der Waals surface area (Å²) in [6, 6.07) is 6.20. The van der Waals surface area contributed by atoms with Gasteiger partial charge >= 0.3 is 6.18 Å². The Morgan fingerprint density at radius 1 is 1.18 bits per heavy atom. The van der Waals surface area contributed by atoms with Gasteiger partial charge in [-0.3, -0.25) is 14.4 Å². The van der Waals surface area contributed by atoms with Crippen molar-refractivity contribution in [1.29, 1.82) is 0 Å². The number of nitrogens with one attached hydrogen (secondary N) is 2. The second-order valence-corrected chi connectivity index (χ2v) is 6.91. The van der Waals surface area contributed by atoms with Crippen molar-refractivity contribution in [3.8, 4) is 0 Å². The van der Waals surface area contributed by atoms with Crippen molar-refractivity contribution < 1.29 is 22.8 Å². The average molecular weight is 392 g/mol. The van der Waals surface area contributed by atoms with Gasteiger partial charge in [0.1, 0.15) is 11.3 Å². The maximum absolute atomic E-state index is 12.7. The van der Waals surface area contributed by atoms with Crippen molar-refractivity contribution in [1.82, 2.24) is 10.3 Å². The minimum atomic E-state index is -4.71. The van der Waals surface area contributed by atoms with Gasteiger partial charge in [0.05, 0.1) is 6.04 Å². The van der Waals surface area contributed by atoms with Crippen LogP contribution < -0.4 is 10.9 Å². The average Bonchev–Trinajstić information content (AvgIpc) is 2.86. The van der Waals surface area contributed by atoms with Crippen molar-refractivity contribution in [2.75, 3.05) is 0 Å². The van der Waals surface area contributed by atoms with E-state index in [1.165, 1.54) is 0 Å². The van der Waals surface area contributed by atoms with Crippen LogP contribution in [0.3, 0.4) is 0 Å². The van der Waals surface area contributed by atoms with Gasteiger partial charge in [-0.25, -0.2) is 0 Å². The lowest BCUT2D eigenvalue weighted by Gasteiger charge is -2.20. The Kier molecular flexibility index (Phi) is 5.14. The van der Waals surface area contributed by atoms with E-state index in [4.69, 9.17) is 0 Å². The van der Waals surface area contributed by atoms with Crippen molar-refractivity contribution >= 4 is 11.7 Å². The number of aryl methyl sites for hydroxylation is 1. The predicted octanol–water partition coefficient (Wildman–Crippen LogP) is 3.79. The number of Topliss-reactive ketones (excluding diaryl/α,β-unsaturated/α-hetero) is 1. The Balaban J connectivity index is 1.94. The highest BCUT2D eigenvalue weighted by Crippen LogP contribution is 2.39. The fourth-order valence-corrected chi connectivity index (χ4v) is 3.56. The monoisotopic (exact) mass is 392 g/mol. The number of ketones is 1. The van der Waals surface area contributed by atoms with Crippen LogP contribution in [0.15, 0.2) is 35.1 Å². The molecule has 2 unspecified atom stereocenters. The SMILES string of the molecule is CCCC1C(=O)c2ccc(C)cc2C1NC(=O)c1ccc(C(F)(F)F)[nH]c1=O. The number of fused-ring (bicyclic) bond motifs is 1. The lowest BCUT2D eigenvalue weighted by molar-refractivity contribution is -0.141. The van der Waals surface area contributed by atoms with Crippen LogP contribution in [0, 0.1) is 12.8 Å². The normalized spacial score (nSPS) is 18.8. The third-order valence-electron chi connectivity index (χ3n) is 4.89. The molecule has 0 saturated carbocycles. The molecule has 0 spiro atoms. The third-order valence-corrected chi connectivity index (χ3v) is 4.89. The van der Waals surface area contributed by atoms with Gasteiger partial charge in [-0.2, -0.15) is 13.2 Å². The number of rotatable bonds is 4. The molecule has 0 bridgehead atoms. The van der Waals surface area contributed by atoms with Gasteiger partial charge in [-0.15, -0.1) is 0 Å². The number of aromatic nitrogens is 1. The Hall–Kier alpha value is -2.90. The molecular weight excluding hydrogens is 373 g/mol. The topological polar surface area (TPSA) is 79.0 Å². The van der Waals surface area contributed by atoms with E-state index >= 15 is 0 Å². The summed E-state index contributed by atoms with van der Waals surface area (Å²) in [4.78, 5) is 39.0. The van der Waals surface area contributed by atoms with E-state index < -0.39 is 40.9 Å². The molecule has 0 radical (unpaired) electrons. The van der Waals surface area contributed by atoms with Gasteiger partial charge in [0, 0.05) is 11.5 Å². The number of carbonyl (C=O) groups excluding carboxylic acids is 2. The zero-order valence-corrected chi connectivity index (χ0v) is 15.3. The van der Waals surface area contributed by atoms with Gasteiger partial charge in [-0.05, 0) is 31.0 Å². The summed E-state index contributed by atoms with van der Waals surface area (Å²) in [5, 5.41) is 2.68. The number of hydrogen-bond acceptors (Lipinski definition) is 3. The number of amides is 1. The maximum atomic E-state index is 12.7. The number of carbonyl (C=O) groups is 2. The van der Waals surface area contributed by atoms with E-state index in [2.05, 4.69) is 5.32 Å². The number of pyridine rings is 1. The quantitative estimate of drug-likeness (QED) is 0.831. The molecule has 1 aromatic heterocycles. The first kappa shape index (κ1) is 19.9. The number of hydrogen-bond donors (Lipinski definition) is 2. The standard InChI is InChI=1S/C20H19F3N2O3/c1-3-4-12-16(14-9-10(2)5-6-11(14)17(12)26)25-19(28)13-7-8-15(20(21,22)23)24-18(13)27/h5-9,12,16H,3-4H2,1-2H3,(H,24,27)(H,25,28). The zero-order valence-electron chi connectivity index (χ0n) is 15.3. The van der Waals surface area contributed by atoms with Crippen LogP contribution in [0.4, 0.5) is 13.2 Å². The Morgan fingerprint density at radius 2 is 1.89 bits per heavy atom. The largest absolute Gasteiger partial charge is 0.431 e. The third kappa shape index (κ3) is 3.58. The van der Waals surface area contributed by atoms with E-state index in [0.29, 0.717) is 23.6 Å². The summed E-state index contributed by atoms with van der Waals surface area (Å²) in [5.41, 5.74) is -0.689. The molecule has 8 heteroatoms. The van der Waals surface area contributed by atoms with Crippen LogP contribution >= 0.6 is 0 Å². The summed E-state index contributed by atoms with van der Waals surface area (Å²) in [5.74, 6) is -1.37. The first-order valence-corrected chi connectivity index (χ1v) is 8.89. The van der Waals surface area contributed by atoms with Crippen molar-refractivity contribution in [3.05, 3.63) is 68.6 Å². The number of H-pyrrole nitrogens is 1.